The lowest BCUT2D eigenvalue weighted by molar-refractivity contribution is -0.160. The lowest BCUT2D eigenvalue weighted by Gasteiger charge is -2.41. The van der Waals surface area contributed by atoms with E-state index in [0.29, 0.717) is 41.7 Å². The molecular formula is C37H44FN5O4. The van der Waals surface area contributed by atoms with Crippen molar-refractivity contribution >= 4 is 23.3 Å². The minimum Gasteiger partial charge on any atom is -0.493 e. The summed E-state index contributed by atoms with van der Waals surface area (Å²) in [6.07, 6.45) is 4.40. The molecule has 2 aromatic heterocycles. The van der Waals surface area contributed by atoms with Crippen molar-refractivity contribution in [2.75, 3.05) is 29.9 Å². The van der Waals surface area contributed by atoms with Gasteiger partial charge in [0, 0.05) is 42.5 Å². The molecule has 0 spiro atoms. The first-order valence-electron chi connectivity index (χ1n) is 16.0. The number of anilines is 3. The van der Waals surface area contributed by atoms with E-state index in [1.807, 2.05) is 52.0 Å². The van der Waals surface area contributed by atoms with Crippen molar-refractivity contribution in [3.05, 3.63) is 89.8 Å². The number of carboxylic acid groups (broad SMARTS) is 1. The number of rotatable bonds is 11. The number of hydrogen-bond donors (Lipinski definition) is 2. The number of aromatic nitrogens is 3. The number of halogens is 1. The molecule has 1 saturated heterocycles. The molecule has 1 fully saturated rings. The second-order valence-corrected chi connectivity index (χ2v) is 13.8. The zero-order valence-electron chi connectivity index (χ0n) is 28.0. The summed E-state index contributed by atoms with van der Waals surface area (Å²) in [6.45, 7) is 13.9. The maximum absolute atomic E-state index is 13.3. The highest BCUT2D eigenvalue weighted by Gasteiger charge is 2.37. The SMILES string of the molecule is Cc1nc(Nc2ccncn2)c(-c2ccc(OCCc3ccc(F)cc3)cc2)c(N2CCC(C)(C)CC2)c1[C@H](OC(C)(C)C)C(=O)O. The van der Waals surface area contributed by atoms with E-state index in [-0.39, 0.29) is 11.2 Å². The van der Waals surface area contributed by atoms with Gasteiger partial charge in [0.2, 0.25) is 0 Å². The Morgan fingerprint density at radius 3 is 2.34 bits per heavy atom. The smallest absolute Gasteiger partial charge is 0.337 e. The van der Waals surface area contributed by atoms with Crippen LogP contribution in [0, 0.1) is 18.2 Å². The number of carbonyl (C=O) groups is 1. The molecule has 2 aromatic carbocycles. The molecule has 0 bridgehead atoms. The van der Waals surface area contributed by atoms with Crippen molar-refractivity contribution in [3.8, 4) is 16.9 Å². The fraction of sp³-hybridized carbons (Fsp3) is 0.405. The molecule has 0 saturated carbocycles. The zero-order chi connectivity index (χ0) is 33.8. The maximum Gasteiger partial charge on any atom is 0.337 e. The highest BCUT2D eigenvalue weighted by Crippen LogP contribution is 2.47. The Balaban J connectivity index is 1.61. The van der Waals surface area contributed by atoms with Crippen molar-refractivity contribution in [1.29, 1.82) is 0 Å². The summed E-state index contributed by atoms with van der Waals surface area (Å²) in [6, 6.07) is 15.9. The predicted molar refractivity (Wildman–Crippen MR) is 182 cm³/mol. The van der Waals surface area contributed by atoms with Crippen molar-refractivity contribution < 1.29 is 23.8 Å². The Bertz CT molecular complexity index is 1660. The molecule has 4 aromatic rings. The van der Waals surface area contributed by atoms with Gasteiger partial charge >= 0.3 is 5.97 Å². The highest BCUT2D eigenvalue weighted by molar-refractivity contribution is 5.93. The van der Waals surface area contributed by atoms with Crippen LogP contribution in [0.3, 0.4) is 0 Å². The quantitative estimate of drug-likeness (QED) is 0.169. The number of ether oxygens (including phenoxy) is 2. The highest BCUT2D eigenvalue weighted by atomic mass is 19.1. The minimum absolute atomic E-state index is 0.169. The van der Waals surface area contributed by atoms with E-state index in [1.54, 1.807) is 24.4 Å². The number of benzene rings is 2. The average molecular weight is 642 g/mol. The molecule has 0 aliphatic carbocycles. The van der Waals surface area contributed by atoms with Gasteiger partial charge < -0.3 is 24.8 Å². The number of nitrogens with zero attached hydrogens (tertiary/aromatic N) is 4. The number of pyridine rings is 1. The van der Waals surface area contributed by atoms with Gasteiger partial charge in [0.05, 0.1) is 17.9 Å². The molecule has 2 N–H and O–H groups in total. The van der Waals surface area contributed by atoms with Gasteiger partial charge in [-0.3, -0.25) is 0 Å². The van der Waals surface area contributed by atoms with E-state index in [4.69, 9.17) is 14.5 Å². The van der Waals surface area contributed by atoms with Gasteiger partial charge in [0.25, 0.3) is 0 Å². The van der Waals surface area contributed by atoms with Crippen molar-refractivity contribution in [3.63, 3.8) is 0 Å². The van der Waals surface area contributed by atoms with E-state index < -0.39 is 17.7 Å². The third-order valence-electron chi connectivity index (χ3n) is 8.33. The second kappa shape index (κ2) is 14.0. The van der Waals surface area contributed by atoms with E-state index in [0.717, 1.165) is 48.3 Å². The predicted octanol–water partition coefficient (Wildman–Crippen LogP) is 7.92. The van der Waals surface area contributed by atoms with Crippen LogP contribution in [-0.2, 0) is 16.0 Å². The van der Waals surface area contributed by atoms with Crippen LogP contribution in [0.25, 0.3) is 11.1 Å². The van der Waals surface area contributed by atoms with E-state index >= 15 is 0 Å². The molecular weight excluding hydrogens is 597 g/mol. The minimum atomic E-state index is -1.24. The van der Waals surface area contributed by atoms with Crippen LogP contribution < -0.4 is 15.0 Å². The Labute approximate surface area is 276 Å². The molecule has 5 rings (SSSR count). The Morgan fingerprint density at radius 2 is 1.74 bits per heavy atom. The fourth-order valence-corrected chi connectivity index (χ4v) is 5.77. The van der Waals surface area contributed by atoms with Crippen LogP contribution in [0.15, 0.2) is 67.1 Å². The maximum atomic E-state index is 13.3. The number of carboxylic acids is 1. The Hall–Kier alpha value is -4.57. The van der Waals surface area contributed by atoms with Crippen molar-refractivity contribution in [2.24, 2.45) is 5.41 Å². The topological polar surface area (TPSA) is 110 Å². The molecule has 3 heterocycles. The lowest BCUT2D eigenvalue weighted by atomic mass is 9.82. The van der Waals surface area contributed by atoms with Gasteiger partial charge in [-0.1, -0.05) is 38.1 Å². The van der Waals surface area contributed by atoms with E-state index in [2.05, 4.69) is 34.0 Å². The van der Waals surface area contributed by atoms with Gasteiger partial charge in [-0.05, 0) is 87.4 Å². The van der Waals surface area contributed by atoms with Gasteiger partial charge in [-0.15, -0.1) is 0 Å². The summed E-state index contributed by atoms with van der Waals surface area (Å²) in [4.78, 5) is 28.6. The largest absolute Gasteiger partial charge is 0.493 e. The normalized spacial score (nSPS) is 15.3. The number of piperidine rings is 1. The summed E-state index contributed by atoms with van der Waals surface area (Å²) < 4.78 is 25.6. The number of nitrogens with one attached hydrogen (secondary N) is 1. The molecule has 1 atom stereocenters. The van der Waals surface area contributed by atoms with Crippen molar-refractivity contribution in [2.45, 2.75) is 72.5 Å². The fourth-order valence-electron chi connectivity index (χ4n) is 5.77. The zero-order valence-corrected chi connectivity index (χ0v) is 28.0. The summed E-state index contributed by atoms with van der Waals surface area (Å²) in [5.41, 5.74) is 3.90. The first-order chi connectivity index (χ1) is 22.3. The molecule has 0 unspecified atom stereocenters. The molecule has 1 aliphatic heterocycles. The Kier molecular flexibility index (Phi) is 10.1. The van der Waals surface area contributed by atoms with Crippen LogP contribution >= 0.6 is 0 Å². The number of hydrogen-bond acceptors (Lipinski definition) is 8. The molecule has 47 heavy (non-hydrogen) atoms. The van der Waals surface area contributed by atoms with Gasteiger partial charge in [-0.25, -0.2) is 24.1 Å². The summed E-state index contributed by atoms with van der Waals surface area (Å²) in [5.74, 6) is 0.459. The number of aryl methyl sites for hydroxylation is 1. The van der Waals surface area contributed by atoms with Crippen LogP contribution in [0.2, 0.25) is 0 Å². The molecule has 0 radical (unpaired) electrons. The third-order valence-corrected chi connectivity index (χ3v) is 8.33. The summed E-state index contributed by atoms with van der Waals surface area (Å²) >= 11 is 0. The summed E-state index contributed by atoms with van der Waals surface area (Å²) in [7, 11) is 0. The van der Waals surface area contributed by atoms with E-state index in [1.165, 1.54) is 18.5 Å². The molecule has 1 aliphatic rings. The second-order valence-electron chi connectivity index (χ2n) is 13.8. The molecule has 0 amide bonds. The standard InChI is InChI=1S/C37H44FN5O4/c1-24-30(33(35(44)45)47-36(2,3)4)32(43-20-17-37(5,6)18-21-43)31(34(41-24)42-29-15-19-39-23-40-29)26-9-13-28(14-10-26)46-22-16-25-7-11-27(38)12-8-25/h7-15,19,23,33H,16-18,20-22H2,1-6H3,(H,44,45)(H,39,40,41,42)/t33-/m0/s1. The van der Waals surface area contributed by atoms with Crippen LogP contribution in [0.5, 0.6) is 5.75 Å². The molecule has 248 valence electrons. The van der Waals surface area contributed by atoms with Gasteiger partial charge in [-0.2, -0.15) is 0 Å². The monoisotopic (exact) mass is 641 g/mol. The van der Waals surface area contributed by atoms with E-state index in [9.17, 15) is 14.3 Å². The third kappa shape index (κ3) is 8.62. The lowest BCUT2D eigenvalue weighted by Crippen LogP contribution is -2.39. The average Bonchev–Trinajstić information content (AvgIpc) is 3.01. The molecule has 9 nitrogen and oxygen atoms in total. The first-order valence-corrected chi connectivity index (χ1v) is 16.0. The Morgan fingerprint density at radius 1 is 1.06 bits per heavy atom. The molecule has 10 heteroatoms. The first kappa shape index (κ1) is 33.8. The van der Waals surface area contributed by atoms with Crippen LogP contribution in [-0.4, -0.2) is 51.3 Å². The van der Waals surface area contributed by atoms with Crippen LogP contribution in [0.4, 0.5) is 21.7 Å². The van der Waals surface area contributed by atoms with Gasteiger partial charge in [0.15, 0.2) is 6.10 Å². The number of aliphatic carboxylic acids is 1. The summed E-state index contributed by atoms with van der Waals surface area (Å²) in [5, 5.41) is 13.9. The van der Waals surface area contributed by atoms with Crippen molar-refractivity contribution in [1.82, 2.24) is 15.0 Å². The van der Waals surface area contributed by atoms with Crippen LogP contribution in [0.1, 0.15) is 70.4 Å². The van der Waals surface area contributed by atoms with Gasteiger partial charge in [0.1, 0.15) is 29.5 Å².